The van der Waals surface area contributed by atoms with Gasteiger partial charge in [0.2, 0.25) is 0 Å². The van der Waals surface area contributed by atoms with Crippen molar-refractivity contribution in [3.63, 3.8) is 0 Å². The average molecular weight is 239 g/mol. The van der Waals surface area contributed by atoms with Gasteiger partial charge in [-0.15, -0.1) is 0 Å². The van der Waals surface area contributed by atoms with Crippen LogP contribution in [-0.4, -0.2) is 5.11 Å². The first-order chi connectivity index (χ1) is 6.75. The topological polar surface area (TPSA) is 20.2 Å². The van der Waals surface area contributed by atoms with Crippen molar-refractivity contribution in [2.45, 2.75) is 25.9 Å². The van der Waals surface area contributed by atoms with Crippen molar-refractivity contribution in [1.29, 1.82) is 0 Å². The molecule has 0 saturated heterocycles. The number of alkyl halides is 3. The second kappa shape index (κ2) is 3.93. The monoisotopic (exact) mass is 238 g/mol. The third kappa shape index (κ3) is 2.37. The number of hydrogen-bond donors (Lipinski definition) is 1. The summed E-state index contributed by atoms with van der Waals surface area (Å²) in [6.45, 7) is 3.14. The number of phenols is 1. The molecule has 0 amide bonds. The van der Waals surface area contributed by atoms with Crippen molar-refractivity contribution < 1.29 is 18.3 Å². The Labute approximate surface area is 90.5 Å². The fourth-order valence-electron chi connectivity index (χ4n) is 1.45. The summed E-state index contributed by atoms with van der Waals surface area (Å²) < 4.78 is 38.0. The first-order valence-corrected chi connectivity index (χ1v) is 4.71. The van der Waals surface area contributed by atoms with E-state index in [1.165, 1.54) is 6.07 Å². The van der Waals surface area contributed by atoms with Crippen LogP contribution in [0.4, 0.5) is 13.2 Å². The molecule has 0 atom stereocenters. The van der Waals surface area contributed by atoms with E-state index < -0.39 is 17.7 Å². The Bertz CT molecular complexity index is 372. The Hall–Kier alpha value is -0.900. The van der Waals surface area contributed by atoms with Crippen LogP contribution in [0.3, 0.4) is 0 Å². The summed E-state index contributed by atoms with van der Waals surface area (Å²) in [5.74, 6) is -0.818. The molecular weight excluding hydrogens is 229 g/mol. The lowest BCUT2D eigenvalue weighted by Gasteiger charge is -2.18. The van der Waals surface area contributed by atoms with E-state index >= 15 is 0 Å². The second-order valence-corrected chi connectivity index (χ2v) is 3.91. The lowest BCUT2D eigenvalue weighted by atomic mass is 9.95. The van der Waals surface area contributed by atoms with Crippen molar-refractivity contribution in [3.05, 3.63) is 28.3 Å². The number of rotatable bonds is 1. The minimum atomic E-state index is -4.55. The van der Waals surface area contributed by atoms with Crippen LogP contribution in [-0.2, 0) is 6.18 Å². The van der Waals surface area contributed by atoms with E-state index in [0.717, 1.165) is 6.07 Å². The first kappa shape index (κ1) is 12.2. The van der Waals surface area contributed by atoms with Crippen molar-refractivity contribution in [1.82, 2.24) is 0 Å². The van der Waals surface area contributed by atoms with Crippen LogP contribution >= 0.6 is 11.6 Å². The molecule has 0 bridgehead atoms. The summed E-state index contributed by atoms with van der Waals surface area (Å²) in [7, 11) is 0. The Kier molecular flexibility index (Phi) is 3.19. The maximum Gasteiger partial charge on any atom is 0.418 e. The van der Waals surface area contributed by atoms with Gasteiger partial charge in [0.05, 0.1) is 10.6 Å². The van der Waals surface area contributed by atoms with E-state index in [1.807, 2.05) is 0 Å². The summed E-state index contributed by atoms with van der Waals surface area (Å²) in [6.07, 6.45) is -4.55. The van der Waals surface area contributed by atoms with Gasteiger partial charge in [0.1, 0.15) is 5.75 Å². The molecule has 0 unspecified atom stereocenters. The molecule has 1 aromatic carbocycles. The summed E-state index contributed by atoms with van der Waals surface area (Å²) in [6, 6.07) is 2.22. The van der Waals surface area contributed by atoms with Gasteiger partial charge in [-0.3, -0.25) is 0 Å². The molecule has 1 nitrogen and oxygen atoms in total. The molecule has 0 aliphatic carbocycles. The average Bonchev–Trinajstić information content (AvgIpc) is 2.05. The van der Waals surface area contributed by atoms with Crippen molar-refractivity contribution in [2.24, 2.45) is 0 Å². The van der Waals surface area contributed by atoms with Crippen molar-refractivity contribution >= 4 is 11.6 Å². The van der Waals surface area contributed by atoms with E-state index in [9.17, 15) is 18.3 Å². The van der Waals surface area contributed by atoms with E-state index in [1.54, 1.807) is 13.8 Å². The third-order valence-electron chi connectivity index (χ3n) is 2.03. The van der Waals surface area contributed by atoms with Crippen molar-refractivity contribution in [2.75, 3.05) is 0 Å². The van der Waals surface area contributed by atoms with E-state index in [2.05, 4.69) is 0 Å². The van der Waals surface area contributed by atoms with Crippen LogP contribution in [0, 0.1) is 0 Å². The smallest absolute Gasteiger partial charge is 0.418 e. The quantitative estimate of drug-likeness (QED) is 0.778. The fraction of sp³-hybridized carbons (Fsp3) is 0.400. The molecule has 0 radical (unpaired) electrons. The number of phenolic OH excluding ortho intramolecular Hbond substituents is 1. The minimum Gasteiger partial charge on any atom is -0.508 e. The normalized spacial score (nSPS) is 12.2. The van der Waals surface area contributed by atoms with Gasteiger partial charge in [-0.25, -0.2) is 0 Å². The summed E-state index contributed by atoms with van der Waals surface area (Å²) in [4.78, 5) is 0. The molecule has 1 rings (SSSR count). The zero-order valence-corrected chi connectivity index (χ0v) is 8.95. The van der Waals surface area contributed by atoms with Gasteiger partial charge in [-0.1, -0.05) is 25.4 Å². The van der Waals surface area contributed by atoms with Gasteiger partial charge in [0.25, 0.3) is 0 Å². The number of hydrogen-bond acceptors (Lipinski definition) is 1. The SMILES string of the molecule is CC(C)c1c(O)ccc(Cl)c1C(F)(F)F. The minimum absolute atomic E-state index is 0.157. The summed E-state index contributed by atoms with van der Waals surface area (Å²) >= 11 is 5.50. The molecule has 0 aliphatic rings. The highest BCUT2D eigenvalue weighted by atomic mass is 35.5. The standard InChI is InChI=1S/C10H10ClF3O/c1-5(2)8-7(15)4-3-6(11)9(8)10(12,13)14/h3-5,15H,1-2H3. The Morgan fingerprint density at radius 3 is 2.13 bits per heavy atom. The van der Waals surface area contributed by atoms with Gasteiger partial charge in [-0.2, -0.15) is 13.2 Å². The number of aromatic hydroxyl groups is 1. The van der Waals surface area contributed by atoms with Crippen LogP contribution in [0.1, 0.15) is 30.9 Å². The van der Waals surface area contributed by atoms with E-state index in [-0.39, 0.29) is 16.3 Å². The Morgan fingerprint density at radius 2 is 1.80 bits per heavy atom. The van der Waals surface area contributed by atoms with Gasteiger partial charge in [0.15, 0.2) is 0 Å². The molecular formula is C10H10ClF3O. The highest BCUT2D eigenvalue weighted by Crippen LogP contribution is 2.43. The molecule has 0 saturated carbocycles. The predicted octanol–water partition coefficient (Wildman–Crippen LogP) is 4.19. The van der Waals surface area contributed by atoms with Crippen LogP contribution in [0.2, 0.25) is 5.02 Å². The van der Waals surface area contributed by atoms with Crippen LogP contribution in [0.25, 0.3) is 0 Å². The first-order valence-electron chi connectivity index (χ1n) is 4.33. The lowest BCUT2D eigenvalue weighted by Crippen LogP contribution is -2.11. The van der Waals surface area contributed by atoms with Gasteiger partial charge in [-0.05, 0) is 18.1 Å². The molecule has 1 N–H and O–H groups in total. The molecule has 1 aromatic rings. The molecule has 0 spiro atoms. The Morgan fingerprint density at radius 1 is 1.27 bits per heavy atom. The van der Waals surface area contributed by atoms with Crippen molar-refractivity contribution in [3.8, 4) is 5.75 Å². The molecule has 0 fully saturated rings. The molecule has 0 aromatic heterocycles. The lowest BCUT2D eigenvalue weighted by molar-refractivity contribution is -0.138. The van der Waals surface area contributed by atoms with Gasteiger partial charge in [0, 0.05) is 5.56 Å². The fourth-order valence-corrected chi connectivity index (χ4v) is 1.73. The van der Waals surface area contributed by atoms with Gasteiger partial charge >= 0.3 is 6.18 Å². The third-order valence-corrected chi connectivity index (χ3v) is 2.35. The Balaban J connectivity index is 3.53. The second-order valence-electron chi connectivity index (χ2n) is 3.51. The molecule has 5 heteroatoms. The number of halogens is 4. The summed E-state index contributed by atoms with van der Waals surface area (Å²) in [5.41, 5.74) is -1.10. The van der Waals surface area contributed by atoms with Crippen LogP contribution in [0.15, 0.2) is 12.1 Å². The molecule has 84 valence electrons. The highest BCUT2D eigenvalue weighted by Gasteiger charge is 2.37. The highest BCUT2D eigenvalue weighted by molar-refractivity contribution is 6.31. The van der Waals surface area contributed by atoms with Crippen LogP contribution in [0.5, 0.6) is 5.75 Å². The van der Waals surface area contributed by atoms with E-state index in [4.69, 9.17) is 11.6 Å². The summed E-state index contributed by atoms with van der Waals surface area (Å²) in [5, 5.41) is 9.01. The molecule has 0 aliphatic heterocycles. The maximum absolute atomic E-state index is 12.7. The zero-order valence-electron chi connectivity index (χ0n) is 8.19. The molecule has 15 heavy (non-hydrogen) atoms. The largest absolute Gasteiger partial charge is 0.508 e. The van der Waals surface area contributed by atoms with Gasteiger partial charge < -0.3 is 5.11 Å². The maximum atomic E-state index is 12.7. The number of benzene rings is 1. The van der Waals surface area contributed by atoms with E-state index in [0.29, 0.717) is 0 Å². The zero-order chi connectivity index (χ0) is 11.8. The molecule has 0 heterocycles. The van der Waals surface area contributed by atoms with Crippen LogP contribution < -0.4 is 0 Å². The predicted molar refractivity (Wildman–Crippen MR) is 52.2 cm³/mol.